The zero-order valence-corrected chi connectivity index (χ0v) is 14.0. The minimum absolute atomic E-state index is 0.167. The van der Waals surface area contributed by atoms with Gasteiger partial charge >= 0.3 is 0 Å². The maximum atomic E-state index is 12.6. The summed E-state index contributed by atoms with van der Waals surface area (Å²) in [5.74, 6) is 0. The van der Waals surface area contributed by atoms with E-state index in [-0.39, 0.29) is 4.90 Å². The Bertz CT molecular complexity index is 510. The van der Waals surface area contributed by atoms with E-state index >= 15 is 0 Å². The van der Waals surface area contributed by atoms with E-state index < -0.39 is 10.0 Å². The SMILES string of the molecule is COCCCN(CCOC)S(=O)(=O)c1cncc(Br)c1. The van der Waals surface area contributed by atoms with Crippen LogP contribution in [0.4, 0.5) is 0 Å². The van der Waals surface area contributed by atoms with Crippen LogP contribution in [0.1, 0.15) is 6.42 Å². The highest BCUT2D eigenvalue weighted by atomic mass is 79.9. The number of rotatable bonds is 9. The molecule has 114 valence electrons. The second-order valence-electron chi connectivity index (χ2n) is 4.08. The first kappa shape index (κ1) is 17.5. The number of aromatic nitrogens is 1. The van der Waals surface area contributed by atoms with Crippen molar-refractivity contribution in [3.63, 3.8) is 0 Å². The summed E-state index contributed by atoms with van der Waals surface area (Å²) in [7, 11) is -0.439. The summed E-state index contributed by atoms with van der Waals surface area (Å²) in [5.41, 5.74) is 0. The van der Waals surface area contributed by atoms with Crippen molar-refractivity contribution < 1.29 is 17.9 Å². The molecule has 1 aromatic rings. The minimum atomic E-state index is -3.57. The molecule has 0 aliphatic heterocycles. The third kappa shape index (κ3) is 5.10. The van der Waals surface area contributed by atoms with Crippen LogP contribution in [0, 0.1) is 0 Å². The van der Waals surface area contributed by atoms with Gasteiger partial charge in [-0.05, 0) is 28.4 Å². The summed E-state index contributed by atoms with van der Waals surface area (Å²) in [6.45, 7) is 1.53. The second-order valence-corrected chi connectivity index (χ2v) is 6.94. The van der Waals surface area contributed by atoms with E-state index in [1.807, 2.05) is 0 Å². The summed E-state index contributed by atoms with van der Waals surface area (Å²) >= 11 is 3.23. The van der Waals surface area contributed by atoms with E-state index in [1.165, 1.54) is 10.5 Å². The fourth-order valence-corrected chi connectivity index (χ4v) is 3.58. The molecule has 1 heterocycles. The molecular weight excluding hydrogens is 348 g/mol. The standard InChI is InChI=1S/C12H19BrN2O4S/c1-18-6-3-4-15(5-7-19-2)20(16,17)12-8-11(13)9-14-10-12/h8-10H,3-7H2,1-2H3. The normalized spacial score (nSPS) is 12.0. The average molecular weight is 367 g/mol. The number of hydrogen-bond acceptors (Lipinski definition) is 5. The molecule has 6 nitrogen and oxygen atoms in total. The highest BCUT2D eigenvalue weighted by Gasteiger charge is 2.24. The van der Waals surface area contributed by atoms with Crippen LogP contribution in [0.5, 0.6) is 0 Å². The molecule has 0 fully saturated rings. The van der Waals surface area contributed by atoms with Gasteiger partial charge in [-0.25, -0.2) is 8.42 Å². The number of methoxy groups -OCH3 is 2. The van der Waals surface area contributed by atoms with Crippen LogP contribution < -0.4 is 0 Å². The maximum Gasteiger partial charge on any atom is 0.244 e. The zero-order valence-electron chi connectivity index (χ0n) is 11.6. The molecule has 0 bridgehead atoms. The molecule has 0 aliphatic rings. The molecule has 0 radical (unpaired) electrons. The van der Waals surface area contributed by atoms with Gasteiger partial charge in [0.25, 0.3) is 0 Å². The Morgan fingerprint density at radius 3 is 2.50 bits per heavy atom. The zero-order chi connectivity index (χ0) is 15.0. The van der Waals surface area contributed by atoms with Gasteiger partial charge in [0.2, 0.25) is 10.0 Å². The van der Waals surface area contributed by atoms with E-state index in [9.17, 15) is 8.42 Å². The lowest BCUT2D eigenvalue weighted by Gasteiger charge is -2.21. The first-order valence-corrected chi connectivity index (χ1v) is 8.34. The van der Waals surface area contributed by atoms with Crippen LogP contribution in [0.25, 0.3) is 0 Å². The third-order valence-corrected chi connectivity index (χ3v) is 4.92. The topological polar surface area (TPSA) is 68.7 Å². The Kier molecular flexibility index (Phi) is 7.60. The number of sulfonamides is 1. The highest BCUT2D eigenvalue weighted by Crippen LogP contribution is 2.18. The van der Waals surface area contributed by atoms with Crippen molar-refractivity contribution in [3.8, 4) is 0 Å². The fourth-order valence-electron chi connectivity index (χ4n) is 1.61. The Morgan fingerprint density at radius 1 is 1.20 bits per heavy atom. The predicted octanol–water partition coefficient (Wildman–Crippen LogP) is 1.52. The van der Waals surface area contributed by atoms with Crippen molar-refractivity contribution in [1.82, 2.24) is 9.29 Å². The number of halogens is 1. The molecule has 0 atom stereocenters. The summed E-state index contributed by atoms with van der Waals surface area (Å²) in [5, 5.41) is 0. The van der Waals surface area contributed by atoms with E-state index in [0.29, 0.717) is 37.2 Å². The van der Waals surface area contributed by atoms with Crippen molar-refractivity contribution in [3.05, 3.63) is 22.9 Å². The smallest absolute Gasteiger partial charge is 0.244 e. The van der Waals surface area contributed by atoms with Crippen molar-refractivity contribution in [2.45, 2.75) is 11.3 Å². The number of ether oxygens (including phenoxy) is 2. The Labute approximate surface area is 128 Å². The molecule has 0 N–H and O–H groups in total. The molecule has 0 saturated carbocycles. The monoisotopic (exact) mass is 366 g/mol. The summed E-state index contributed by atoms with van der Waals surface area (Å²) in [6, 6.07) is 1.54. The lowest BCUT2D eigenvalue weighted by atomic mass is 10.4. The van der Waals surface area contributed by atoms with Crippen LogP contribution in [-0.4, -0.2) is 58.2 Å². The van der Waals surface area contributed by atoms with Crippen LogP contribution >= 0.6 is 15.9 Å². The van der Waals surface area contributed by atoms with Crippen LogP contribution in [0.15, 0.2) is 27.8 Å². The van der Waals surface area contributed by atoms with Gasteiger partial charge in [0.1, 0.15) is 4.90 Å². The molecule has 0 aliphatic carbocycles. The van der Waals surface area contributed by atoms with Crippen molar-refractivity contribution in [1.29, 1.82) is 0 Å². The van der Waals surface area contributed by atoms with Gasteiger partial charge in [0, 0.05) is 50.8 Å². The minimum Gasteiger partial charge on any atom is -0.385 e. The molecule has 20 heavy (non-hydrogen) atoms. The van der Waals surface area contributed by atoms with E-state index in [2.05, 4.69) is 20.9 Å². The maximum absolute atomic E-state index is 12.6. The molecule has 8 heteroatoms. The second kappa shape index (κ2) is 8.68. The summed E-state index contributed by atoms with van der Waals surface area (Å²) < 4.78 is 37.1. The van der Waals surface area contributed by atoms with Gasteiger partial charge in [-0.1, -0.05) is 0 Å². The van der Waals surface area contributed by atoms with Crippen molar-refractivity contribution in [2.75, 3.05) is 40.5 Å². The lowest BCUT2D eigenvalue weighted by molar-refractivity contribution is 0.164. The number of nitrogens with zero attached hydrogens (tertiary/aromatic N) is 2. The molecular formula is C12H19BrN2O4S. The highest BCUT2D eigenvalue weighted by molar-refractivity contribution is 9.10. The molecule has 0 spiro atoms. The predicted molar refractivity (Wildman–Crippen MR) is 79.1 cm³/mol. The average Bonchev–Trinajstić information content (AvgIpc) is 2.42. The van der Waals surface area contributed by atoms with Gasteiger partial charge < -0.3 is 9.47 Å². The number of hydrogen-bond donors (Lipinski definition) is 0. The molecule has 0 saturated heterocycles. The van der Waals surface area contributed by atoms with Gasteiger partial charge in [-0.15, -0.1) is 0 Å². The van der Waals surface area contributed by atoms with E-state index in [0.717, 1.165) is 0 Å². The van der Waals surface area contributed by atoms with Crippen molar-refractivity contribution >= 4 is 26.0 Å². The Hall–Kier alpha value is -0.540. The first-order chi connectivity index (χ1) is 9.52. The van der Waals surface area contributed by atoms with Crippen LogP contribution in [0.3, 0.4) is 0 Å². The van der Waals surface area contributed by atoms with E-state index in [4.69, 9.17) is 9.47 Å². The largest absolute Gasteiger partial charge is 0.385 e. The van der Waals surface area contributed by atoms with Gasteiger partial charge in [-0.3, -0.25) is 4.98 Å². The quantitative estimate of drug-likeness (QED) is 0.619. The van der Waals surface area contributed by atoms with Crippen LogP contribution in [0.2, 0.25) is 0 Å². The summed E-state index contributed by atoms with van der Waals surface area (Å²) in [6.07, 6.45) is 3.51. The third-order valence-electron chi connectivity index (χ3n) is 2.62. The van der Waals surface area contributed by atoms with E-state index in [1.54, 1.807) is 26.5 Å². The fraction of sp³-hybridized carbons (Fsp3) is 0.583. The summed E-state index contributed by atoms with van der Waals surface area (Å²) in [4.78, 5) is 4.07. The van der Waals surface area contributed by atoms with Crippen LogP contribution in [-0.2, 0) is 19.5 Å². The van der Waals surface area contributed by atoms with Gasteiger partial charge in [0.15, 0.2) is 0 Å². The Morgan fingerprint density at radius 2 is 1.90 bits per heavy atom. The lowest BCUT2D eigenvalue weighted by Crippen LogP contribution is -2.35. The first-order valence-electron chi connectivity index (χ1n) is 6.11. The molecule has 0 amide bonds. The molecule has 0 unspecified atom stereocenters. The number of pyridine rings is 1. The van der Waals surface area contributed by atoms with Gasteiger partial charge in [-0.2, -0.15) is 4.31 Å². The Balaban J connectivity index is 2.91. The molecule has 1 aromatic heterocycles. The molecule has 1 rings (SSSR count). The van der Waals surface area contributed by atoms with Gasteiger partial charge in [0.05, 0.1) is 6.61 Å². The molecule has 0 aromatic carbocycles. The van der Waals surface area contributed by atoms with Crippen molar-refractivity contribution in [2.24, 2.45) is 0 Å².